The molecule has 2 atom stereocenters. The van der Waals surface area contributed by atoms with Crippen LogP contribution < -0.4 is 26.5 Å². The molecule has 9 heteroatoms. The van der Waals surface area contributed by atoms with Gasteiger partial charge >= 0.3 is 5.97 Å². The third kappa shape index (κ3) is 8.06. The molecule has 1 aliphatic carbocycles. The Morgan fingerprint density at radius 1 is 0.927 bits per heavy atom. The Morgan fingerprint density at radius 3 is 2.46 bits per heavy atom. The van der Waals surface area contributed by atoms with E-state index in [9.17, 15) is 24.3 Å². The standard InChI is InChI=1S/C32H38N4O5/c1-2-3-11-27(31(40)33-18-17-24-20-34-26-12-7-6-10-25(24)26)36-32(41)28(15-16-29(37)38)35-30(39)23-14-13-21-8-4-5-9-22(21)19-23/h4-5,8-10,12-14,19-20,27-28,34H,2-3,6-7,11,15-18H2,1H3,(H,33,40)(H,35,39)(H,36,41)(H,37,38). The zero-order valence-electron chi connectivity index (χ0n) is 23.4. The van der Waals surface area contributed by atoms with E-state index in [1.165, 1.54) is 5.22 Å². The lowest BCUT2D eigenvalue weighted by Gasteiger charge is -2.23. The van der Waals surface area contributed by atoms with Crippen LogP contribution in [0.1, 0.15) is 67.8 Å². The van der Waals surface area contributed by atoms with Gasteiger partial charge in [-0.05, 0) is 65.8 Å². The van der Waals surface area contributed by atoms with E-state index in [2.05, 4.69) is 33.1 Å². The largest absolute Gasteiger partial charge is 0.481 e. The molecule has 3 amide bonds. The molecule has 216 valence electrons. The van der Waals surface area contributed by atoms with Crippen LogP contribution in [0.4, 0.5) is 0 Å². The number of hydrogen-bond donors (Lipinski definition) is 5. The van der Waals surface area contributed by atoms with Gasteiger partial charge in [-0.2, -0.15) is 0 Å². The molecule has 1 aliphatic rings. The third-order valence-electron chi connectivity index (χ3n) is 7.35. The van der Waals surface area contributed by atoms with E-state index < -0.39 is 29.9 Å². The van der Waals surface area contributed by atoms with Crippen LogP contribution in [0.3, 0.4) is 0 Å². The van der Waals surface area contributed by atoms with Gasteiger partial charge in [0.2, 0.25) is 11.8 Å². The summed E-state index contributed by atoms with van der Waals surface area (Å²) in [4.78, 5) is 54.1. The SMILES string of the molecule is CCCCC(NC(=O)C(CCC(=O)O)NC(=O)c1ccc2ccccc2c1)C(=O)NCCc1c[nH]c2c1=CCCC=2. The Balaban J connectivity index is 1.41. The lowest BCUT2D eigenvalue weighted by atomic mass is 10.0. The molecule has 1 heterocycles. The van der Waals surface area contributed by atoms with Gasteiger partial charge < -0.3 is 26.0 Å². The second kappa shape index (κ2) is 14.3. The number of amides is 3. The van der Waals surface area contributed by atoms with Crippen molar-refractivity contribution >= 4 is 46.6 Å². The van der Waals surface area contributed by atoms with Gasteiger partial charge in [-0.3, -0.25) is 19.2 Å². The summed E-state index contributed by atoms with van der Waals surface area (Å²) in [6.07, 6.45) is 10.6. The smallest absolute Gasteiger partial charge is 0.303 e. The summed E-state index contributed by atoms with van der Waals surface area (Å²) < 4.78 is 0. The number of H-pyrrole nitrogens is 1. The van der Waals surface area contributed by atoms with Gasteiger partial charge in [-0.1, -0.05) is 62.2 Å². The number of hydrogen-bond acceptors (Lipinski definition) is 4. The fourth-order valence-corrected chi connectivity index (χ4v) is 5.07. The number of aromatic nitrogens is 1. The number of nitrogens with one attached hydrogen (secondary N) is 4. The first-order chi connectivity index (χ1) is 19.9. The minimum atomic E-state index is -1.11. The summed E-state index contributed by atoms with van der Waals surface area (Å²) in [5, 5.41) is 21.8. The van der Waals surface area contributed by atoms with Gasteiger partial charge in [0.05, 0.1) is 0 Å². The molecule has 0 saturated carbocycles. The van der Waals surface area contributed by atoms with E-state index in [0.717, 1.165) is 47.4 Å². The number of fused-ring (bicyclic) bond motifs is 2. The quantitative estimate of drug-likeness (QED) is 0.207. The number of carboxylic acid groups (broad SMARTS) is 1. The maximum absolute atomic E-state index is 13.3. The van der Waals surface area contributed by atoms with Crippen molar-refractivity contribution in [1.29, 1.82) is 0 Å². The number of aromatic amines is 1. The highest BCUT2D eigenvalue weighted by Crippen LogP contribution is 2.16. The van der Waals surface area contributed by atoms with Crippen molar-refractivity contribution < 1.29 is 24.3 Å². The summed E-state index contributed by atoms with van der Waals surface area (Å²) >= 11 is 0. The maximum Gasteiger partial charge on any atom is 0.303 e. The Kier molecular flexibility index (Phi) is 10.3. The fraction of sp³-hybridized carbons (Fsp3) is 0.375. The Morgan fingerprint density at radius 2 is 1.68 bits per heavy atom. The van der Waals surface area contributed by atoms with Gasteiger partial charge in [0.25, 0.3) is 5.91 Å². The molecule has 2 aromatic carbocycles. The van der Waals surface area contributed by atoms with Crippen molar-refractivity contribution in [2.75, 3.05) is 6.54 Å². The molecular weight excluding hydrogens is 520 g/mol. The van der Waals surface area contributed by atoms with E-state index in [1.54, 1.807) is 12.1 Å². The lowest BCUT2D eigenvalue weighted by Crippen LogP contribution is -2.54. The van der Waals surface area contributed by atoms with Gasteiger partial charge in [0.1, 0.15) is 12.1 Å². The van der Waals surface area contributed by atoms with E-state index in [4.69, 9.17) is 0 Å². The van der Waals surface area contributed by atoms with Crippen molar-refractivity contribution in [3.63, 3.8) is 0 Å². The van der Waals surface area contributed by atoms with E-state index in [1.807, 2.05) is 43.5 Å². The molecule has 1 aromatic heterocycles. The number of aliphatic carboxylic acids is 1. The average Bonchev–Trinajstić information content (AvgIpc) is 3.39. The second-order valence-corrected chi connectivity index (χ2v) is 10.4. The first kappa shape index (κ1) is 29.6. The molecule has 9 nitrogen and oxygen atoms in total. The highest BCUT2D eigenvalue weighted by Gasteiger charge is 2.27. The van der Waals surface area contributed by atoms with E-state index in [-0.39, 0.29) is 18.7 Å². The molecule has 0 aliphatic heterocycles. The molecule has 0 bridgehead atoms. The predicted molar refractivity (Wildman–Crippen MR) is 158 cm³/mol. The molecule has 4 rings (SSSR count). The first-order valence-electron chi connectivity index (χ1n) is 14.3. The first-order valence-corrected chi connectivity index (χ1v) is 14.3. The van der Waals surface area contributed by atoms with Crippen LogP contribution in [0.25, 0.3) is 22.9 Å². The second-order valence-electron chi connectivity index (χ2n) is 10.4. The summed E-state index contributed by atoms with van der Waals surface area (Å²) in [6, 6.07) is 10.9. The van der Waals surface area contributed by atoms with Gasteiger partial charge in [0, 0.05) is 30.1 Å². The van der Waals surface area contributed by atoms with Crippen LogP contribution in [0.5, 0.6) is 0 Å². The monoisotopic (exact) mass is 558 g/mol. The van der Waals surface area contributed by atoms with Crippen LogP contribution >= 0.6 is 0 Å². The normalized spacial score (nSPS) is 13.7. The summed E-state index contributed by atoms with van der Waals surface area (Å²) in [5.74, 6) is -2.45. The molecule has 2 unspecified atom stereocenters. The minimum Gasteiger partial charge on any atom is -0.481 e. The molecule has 41 heavy (non-hydrogen) atoms. The zero-order chi connectivity index (χ0) is 29.2. The van der Waals surface area contributed by atoms with Crippen LogP contribution in [0, 0.1) is 0 Å². The lowest BCUT2D eigenvalue weighted by molar-refractivity contribution is -0.137. The molecule has 3 aromatic rings. The predicted octanol–water partition coefficient (Wildman–Crippen LogP) is 2.52. The Labute approximate surface area is 239 Å². The Bertz CT molecular complexity index is 1530. The molecule has 0 spiro atoms. The van der Waals surface area contributed by atoms with Gasteiger partial charge in [-0.25, -0.2) is 0 Å². The number of unbranched alkanes of at least 4 members (excludes halogenated alkanes) is 1. The van der Waals surface area contributed by atoms with Crippen molar-refractivity contribution in [2.24, 2.45) is 0 Å². The van der Waals surface area contributed by atoms with Crippen LogP contribution in [0.2, 0.25) is 0 Å². The molecular formula is C32H38N4O5. The highest BCUT2D eigenvalue weighted by molar-refractivity contribution is 6.01. The zero-order valence-corrected chi connectivity index (χ0v) is 23.4. The number of benzene rings is 2. The van der Waals surface area contributed by atoms with Gasteiger partial charge in [0.15, 0.2) is 0 Å². The average molecular weight is 559 g/mol. The number of rotatable bonds is 14. The van der Waals surface area contributed by atoms with Gasteiger partial charge in [-0.15, -0.1) is 0 Å². The van der Waals surface area contributed by atoms with Crippen molar-refractivity contribution in [1.82, 2.24) is 20.9 Å². The van der Waals surface area contributed by atoms with Crippen molar-refractivity contribution in [3.8, 4) is 0 Å². The van der Waals surface area contributed by atoms with Crippen molar-refractivity contribution in [2.45, 2.75) is 70.4 Å². The summed E-state index contributed by atoms with van der Waals surface area (Å²) in [6.45, 7) is 2.41. The Hall–Kier alpha value is -4.40. The van der Waals surface area contributed by atoms with E-state index >= 15 is 0 Å². The molecule has 0 radical (unpaired) electrons. The number of carboxylic acids is 1. The highest BCUT2D eigenvalue weighted by atomic mass is 16.4. The van der Waals surface area contributed by atoms with Crippen LogP contribution in [-0.2, 0) is 20.8 Å². The third-order valence-corrected chi connectivity index (χ3v) is 7.35. The molecule has 0 fully saturated rings. The van der Waals surface area contributed by atoms with Crippen molar-refractivity contribution in [3.05, 3.63) is 70.4 Å². The minimum absolute atomic E-state index is 0.102. The fourth-order valence-electron chi connectivity index (χ4n) is 5.07. The number of carbonyl (C=O) groups is 4. The molecule has 0 saturated heterocycles. The number of carbonyl (C=O) groups excluding carboxylic acids is 3. The van der Waals surface area contributed by atoms with E-state index in [0.29, 0.717) is 24.9 Å². The summed E-state index contributed by atoms with van der Waals surface area (Å²) in [7, 11) is 0. The van der Waals surface area contributed by atoms with Crippen LogP contribution in [-0.4, -0.2) is 52.4 Å². The maximum atomic E-state index is 13.3. The summed E-state index contributed by atoms with van der Waals surface area (Å²) in [5.41, 5.74) is 1.49. The topological polar surface area (TPSA) is 140 Å². The van der Waals surface area contributed by atoms with Crippen LogP contribution in [0.15, 0.2) is 48.7 Å². The molecule has 5 N–H and O–H groups in total.